The van der Waals surface area contributed by atoms with Crippen LogP contribution in [-0.2, 0) is 43.2 Å². The first-order chi connectivity index (χ1) is 26.5. The number of aliphatic carboxylic acids is 2. The number of carbonyl (C=O) groups is 9. The first kappa shape index (κ1) is 48.5. The van der Waals surface area contributed by atoms with Crippen molar-refractivity contribution in [3.63, 3.8) is 0 Å². The second kappa shape index (κ2) is 27.1. The molecule has 1 rings (SSSR count). The molecule has 21 heteroatoms. The molecule has 1 fully saturated rings. The quantitative estimate of drug-likeness (QED) is 0.0224. The van der Waals surface area contributed by atoms with Crippen molar-refractivity contribution in [2.24, 2.45) is 22.2 Å². The molecule has 1 saturated heterocycles. The smallest absolute Gasteiger partial charge is 0.326 e. The summed E-state index contributed by atoms with van der Waals surface area (Å²) in [6, 6.07) is -5.88. The molecule has 1 aliphatic heterocycles. The molecule has 0 unspecified atom stereocenters. The van der Waals surface area contributed by atoms with Crippen LogP contribution in [0.25, 0.3) is 0 Å². The number of carbonyl (C=O) groups excluding carboxylic acids is 7. The predicted molar refractivity (Wildman–Crippen MR) is 202 cm³/mol. The lowest BCUT2D eigenvalue weighted by Crippen LogP contribution is -2.57. The van der Waals surface area contributed by atoms with E-state index in [1.807, 2.05) is 0 Å². The molecule has 0 aromatic rings. The van der Waals surface area contributed by atoms with Crippen molar-refractivity contribution in [3.05, 3.63) is 0 Å². The summed E-state index contributed by atoms with van der Waals surface area (Å²) in [5.41, 5.74) is 15.9. The fourth-order valence-corrected chi connectivity index (χ4v) is 5.96. The summed E-state index contributed by atoms with van der Waals surface area (Å²) >= 11 is 0. The normalized spacial score (nSPS) is 15.0. The van der Waals surface area contributed by atoms with Crippen LogP contribution in [0.1, 0.15) is 110 Å². The molecule has 7 amide bonds. The SMILES string of the molecule is CCCCCCCCCCCC(=O)NCC(=O)N[C@H](CCCN=C(N)N)C(=O)NCC(=O)N[C@H](CC(=O)O)C(=O)N[C@H](CC(N)=O)C(=O)N1CCC[C@@H]1C(=O)O. The van der Waals surface area contributed by atoms with Crippen molar-refractivity contribution < 1.29 is 53.4 Å². The molecular weight excluding hydrogens is 736 g/mol. The zero-order valence-corrected chi connectivity index (χ0v) is 32.1. The van der Waals surface area contributed by atoms with Gasteiger partial charge >= 0.3 is 11.9 Å². The van der Waals surface area contributed by atoms with E-state index >= 15 is 0 Å². The number of carboxylic acids is 2. The van der Waals surface area contributed by atoms with E-state index in [0.29, 0.717) is 12.8 Å². The molecule has 21 nitrogen and oxygen atoms in total. The van der Waals surface area contributed by atoms with Gasteiger partial charge in [0.05, 0.1) is 25.9 Å². The molecule has 0 aromatic carbocycles. The molecule has 4 atom stereocenters. The number of aliphatic imine (C=N–C) groups is 1. The third-order valence-electron chi connectivity index (χ3n) is 8.84. The van der Waals surface area contributed by atoms with Gasteiger partial charge in [0.2, 0.25) is 41.4 Å². The average molecular weight is 797 g/mol. The number of guanidine groups is 1. The number of nitrogens with two attached hydrogens (primary N) is 3. The van der Waals surface area contributed by atoms with Crippen molar-refractivity contribution >= 4 is 59.2 Å². The minimum atomic E-state index is -1.80. The maximum absolute atomic E-state index is 13.1. The van der Waals surface area contributed by atoms with Gasteiger partial charge in [0.15, 0.2) is 5.96 Å². The predicted octanol–water partition coefficient (Wildman–Crippen LogP) is -1.93. The summed E-state index contributed by atoms with van der Waals surface area (Å²) in [7, 11) is 0. The first-order valence-corrected chi connectivity index (χ1v) is 19.1. The molecule has 0 aliphatic carbocycles. The molecule has 13 N–H and O–H groups in total. The van der Waals surface area contributed by atoms with Crippen LogP contribution in [0.5, 0.6) is 0 Å². The number of hydrogen-bond acceptors (Lipinski definition) is 10. The highest BCUT2D eigenvalue weighted by Crippen LogP contribution is 2.19. The largest absolute Gasteiger partial charge is 0.481 e. The van der Waals surface area contributed by atoms with Crippen molar-refractivity contribution in [1.82, 2.24) is 31.5 Å². The van der Waals surface area contributed by atoms with E-state index in [4.69, 9.17) is 17.2 Å². The average Bonchev–Trinajstić information content (AvgIpc) is 3.63. The van der Waals surface area contributed by atoms with Crippen LogP contribution in [0.4, 0.5) is 0 Å². The Hall–Kier alpha value is -5.50. The number of carboxylic acid groups (broad SMARTS) is 2. The van der Waals surface area contributed by atoms with Gasteiger partial charge in [-0.1, -0.05) is 58.3 Å². The highest BCUT2D eigenvalue weighted by molar-refractivity contribution is 5.98. The summed E-state index contributed by atoms with van der Waals surface area (Å²) < 4.78 is 0. The molecule has 56 heavy (non-hydrogen) atoms. The molecule has 1 aliphatic rings. The second-order valence-electron chi connectivity index (χ2n) is 13.6. The number of nitrogens with zero attached hydrogens (tertiary/aromatic N) is 2. The van der Waals surface area contributed by atoms with Crippen LogP contribution < -0.4 is 43.8 Å². The zero-order valence-electron chi connectivity index (χ0n) is 32.1. The van der Waals surface area contributed by atoms with Gasteiger partial charge in [-0.25, -0.2) is 4.79 Å². The Bertz CT molecular complexity index is 1390. The molecule has 1 heterocycles. The topological polar surface area (TPSA) is 348 Å². The monoisotopic (exact) mass is 796 g/mol. The first-order valence-electron chi connectivity index (χ1n) is 19.1. The van der Waals surface area contributed by atoms with Crippen LogP contribution >= 0.6 is 0 Å². The molecule has 0 spiro atoms. The standard InChI is InChI=1S/C35H60N10O11/c1-2-3-4-5-6-7-8-9-10-15-27(47)40-20-28(48)42-22(13-11-16-39-35(37)38)31(52)41-21-29(49)43-23(19-30(50)51)32(53)44-24(18-26(36)46)33(54)45-17-12-14-25(45)34(55)56/h22-25H,2-21H2,1H3,(H2,36,46)(H,40,47)(H,41,52)(H,42,48)(H,43,49)(H,44,53)(H,50,51)(H,55,56)(H4,37,38,39)/t22-,23-,24-,25-/m1/s1. The van der Waals surface area contributed by atoms with Crippen molar-refractivity contribution in [3.8, 4) is 0 Å². The molecule has 0 radical (unpaired) electrons. The Balaban J connectivity index is 2.80. The van der Waals surface area contributed by atoms with Crippen LogP contribution in [0.2, 0.25) is 0 Å². The number of primary amides is 1. The fourth-order valence-electron chi connectivity index (χ4n) is 5.96. The number of nitrogens with one attached hydrogen (secondary N) is 5. The van der Waals surface area contributed by atoms with Gasteiger partial charge < -0.3 is 58.9 Å². The molecule has 316 valence electrons. The maximum Gasteiger partial charge on any atom is 0.326 e. The Labute approximate surface area is 326 Å². The number of unbranched alkanes of at least 4 members (excludes halogenated alkanes) is 8. The molecule has 0 aromatic heterocycles. The lowest BCUT2D eigenvalue weighted by Gasteiger charge is -2.28. The maximum atomic E-state index is 13.1. The van der Waals surface area contributed by atoms with Gasteiger partial charge in [-0.3, -0.25) is 43.3 Å². The highest BCUT2D eigenvalue weighted by Gasteiger charge is 2.39. The van der Waals surface area contributed by atoms with E-state index in [0.717, 1.165) is 24.2 Å². The minimum absolute atomic E-state index is 0.0153. The van der Waals surface area contributed by atoms with E-state index in [9.17, 15) is 53.4 Å². The molecule has 0 saturated carbocycles. The summed E-state index contributed by atoms with van der Waals surface area (Å²) in [4.78, 5) is 117. The van der Waals surface area contributed by atoms with Crippen LogP contribution in [-0.4, -0.2) is 125 Å². The van der Waals surface area contributed by atoms with Crippen molar-refractivity contribution in [1.29, 1.82) is 0 Å². The number of likely N-dealkylation sites (tertiary alicyclic amines) is 1. The molecule has 0 bridgehead atoms. The summed E-state index contributed by atoms with van der Waals surface area (Å²) in [5, 5.41) is 30.5. The Morgan fingerprint density at radius 2 is 1.29 bits per heavy atom. The van der Waals surface area contributed by atoms with Gasteiger partial charge in [0, 0.05) is 19.5 Å². The van der Waals surface area contributed by atoms with E-state index in [-0.39, 0.29) is 50.6 Å². The summed E-state index contributed by atoms with van der Waals surface area (Å²) in [6.45, 7) is 1.11. The van der Waals surface area contributed by atoms with E-state index < -0.39 is 97.5 Å². The van der Waals surface area contributed by atoms with Gasteiger partial charge in [0.1, 0.15) is 24.2 Å². The Kier molecular flexibility index (Phi) is 23.5. The Morgan fingerprint density at radius 3 is 1.86 bits per heavy atom. The summed E-state index contributed by atoms with van der Waals surface area (Å²) in [5.74, 6) is -9.01. The van der Waals surface area contributed by atoms with Crippen molar-refractivity contribution in [2.45, 2.75) is 134 Å². The van der Waals surface area contributed by atoms with E-state index in [1.54, 1.807) is 0 Å². The van der Waals surface area contributed by atoms with Crippen LogP contribution in [0, 0.1) is 0 Å². The van der Waals surface area contributed by atoms with E-state index in [1.165, 1.54) is 32.1 Å². The fraction of sp³-hybridized carbons (Fsp3) is 0.714. The lowest BCUT2D eigenvalue weighted by atomic mass is 10.1. The second-order valence-corrected chi connectivity index (χ2v) is 13.6. The third kappa shape index (κ3) is 20.8. The zero-order chi connectivity index (χ0) is 42.0. The van der Waals surface area contributed by atoms with Gasteiger partial charge in [-0.2, -0.15) is 0 Å². The number of rotatable bonds is 29. The van der Waals surface area contributed by atoms with Crippen LogP contribution in [0.15, 0.2) is 4.99 Å². The minimum Gasteiger partial charge on any atom is -0.481 e. The number of hydrogen-bond donors (Lipinski definition) is 10. The number of amides is 7. The highest BCUT2D eigenvalue weighted by atomic mass is 16.4. The summed E-state index contributed by atoms with van der Waals surface area (Å²) in [6.07, 6.45) is 9.00. The van der Waals surface area contributed by atoms with Crippen LogP contribution in [0.3, 0.4) is 0 Å². The molecular formula is C35H60N10O11. The van der Waals surface area contributed by atoms with Gasteiger partial charge in [-0.05, 0) is 32.1 Å². The lowest BCUT2D eigenvalue weighted by molar-refractivity contribution is -0.150. The third-order valence-corrected chi connectivity index (χ3v) is 8.84. The van der Waals surface area contributed by atoms with E-state index in [2.05, 4.69) is 38.5 Å². The van der Waals surface area contributed by atoms with Gasteiger partial charge in [0.25, 0.3) is 0 Å². The van der Waals surface area contributed by atoms with Gasteiger partial charge in [-0.15, -0.1) is 0 Å². The van der Waals surface area contributed by atoms with Crippen molar-refractivity contribution in [2.75, 3.05) is 26.2 Å². The Morgan fingerprint density at radius 1 is 0.696 bits per heavy atom.